The van der Waals surface area contributed by atoms with E-state index in [1.54, 1.807) is 7.11 Å². The standard InChI is InChI=1S/C13H20ClNO/c1-9(10(2)15-3)7-11-8-12(14)5-6-13(11)16-4/h5-6,8-10,15H,7H2,1-4H3. The highest BCUT2D eigenvalue weighted by atomic mass is 35.5. The zero-order valence-corrected chi connectivity index (χ0v) is 11.1. The van der Waals surface area contributed by atoms with Crippen molar-refractivity contribution in [3.8, 4) is 5.75 Å². The first-order chi connectivity index (χ1) is 7.58. The van der Waals surface area contributed by atoms with Gasteiger partial charge in [-0.2, -0.15) is 0 Å². The Morgan fingerprint density at radius 1 is 1.38 bits per heavy atom. The van der Waals surface area contributed by atoms with Gasteiger partial charge in [0.25, 0.3) is 0 Å². The lowest BCUT2D eigenvalue weighted by molar-refractivity contribution is 0.390. The summed E-state index contributed by atoms with van der Waals surface area (Å²) in [5, 5.41) is 4.03. The van der Waals surface area contributed by atoms with Crippen molar-refractivity contribution in [2.75, 3.05) is 14.2 Å². The van der Waals surface area contributed by atoms with Gasteiger partial charge in [0.1, 0.15) is 5.75 Å². The fourth-order valence-electron chi connectivity index (χ4n) is 1.71. The van der Waals surface area contributed by atoms with Crippen molar-refractivity contribution in [1.29, 1.82) is 0 Å². The van der Waals surface area contributed by atoms with Crippen LogP contribution < -0.4 is 10.1 Å². The van der Waals surface area contributed by atoms with Crippen LogP contribution in [0.3, 0.4) is 0 Å². The van der Waals surface area contributed by atoms with E-state index >= 15 is 0 Å². The van der Waals surface area contributed by atoms with Crippen molar-refractivity contribution in [2.24, 2.45) is 5.92 Å². The molecule has 0 spiro atoms. The van der Waals surface area contributed by atoms with E-state index in [4.69, 9.17) is 16.3 Å². The van der Waals surface area contributed by atoms with Gasteiger partial charge < -0.3 is 10.1 Å². The van der Waals surface area contributed by atoms with E-state index < -0.39 is 0 Å². The van der Waals surface area contributed by atoms with Gasteiger partial charge >= 0.3 is 0 Å². The lowest BCUT2D eigenvalue weighted by Crippen LogP contribution is -2.29. The summed E-state index contributed by atoms with van der Waals surface area (Å²) >= 11 is 6.00. The molecule has 0 heterocycles. The topological polar surface area (TPSA) is 21.3 Å². The van der Waals surface area contributed by atoms with E-state index in [0.717, 1.165) is 17.2 Å². The Hall–Kier alpha value is -0.730. The molecule has 1 aromatic rings. The van der Waals surface area contributed by atoms with E-state index in [1.807, 2.05) is 25.2 Å². The SMILES string of the molecule is CNC(C)C(C)Cc1cc(Cl)ccc1OC. The highest BCUT2D eigenvalue weighted by molar-refractivity contribution is 6.30. The molecule has 0 aliphatic rings. The lowest BCUT2D eigenvalue weighted by Gasteiger charge is -2.20. The van der Waals surface area contributed by atoms with Crippen molar-refractivity contribution in [2.45, 2.75) is 26.3 Å². The van der Waals surface area contributed by atoms with Crippen LogP contribution in [0.15, 0.2) is 18.2 Å². The zero-order chi connectivity index (χ0) is 12.1. The van der Waals surface area contributed by atoms with E-state index in [0.29, 0.717) is 12.0 Å². The number of methoxy groups -OCH3 is 1. The molecule has 90 valence electrons. The van der Waals surface area contributed by atoms with Gasteiger partial charge in [-0.3, -0.25) is 0 Å². The second-order valence-corrected chi connectivity index (χ2v) is 4.65. The maximum atomic E-state index is 6.00. The Labute approximate surface area is 103 Å². The maximum Gasteiger partial charge on any atom is 0.122 e. The van der Waals surface area contributed by atoms with Crippen LogP contribution in [-0.4, -0.2) is 20.2 Å². The third kappa shape index (κ3) is 3.39. The van der Waals surface area contributed by atoms with Crippen LogP contribution in [0.25, 0.3) is 0 Å². The first-order valence-electron chi connectivity index (χ1n) is 5.58. The van der Waals surface area contributed by atoms with Crippen molar-refractivity contribution < 1.29 is 4.74 Å². The summed E-state index contributed by atoms with van der Waals surface area (Å²) in [7, 11) is 3.68. The smallest absolute Gasteiger partial charge is 0.122 e. The van der Waals surface area contributed by atoms with E-state index in [2.05, 4.69) is 19.2 Å². The summed E-state index contributed by atoms with van der Waals surface area (Å²) in [6.07, 6.45) is 0.964. The van der Waals surface area contributed by atoms with Crippen molar-refractivity contribution in [3.05, 3.63) is 28.8 Å². The Balaban J connectivity index is 2.82. The molecule has 16 heavy (non-hydrogen) atoms. The summed E-state index contributed by atoms with van der Waals surface area (Å²) in [5.74, 6) is 1.46. The molecule has 3 heteroatoms. The average Bonchev–Trinajstić information content (AvgIpc) is 2.28. The third-order valence-corrected chi connectivity index (χ3v) is 3.33. The molecule has 0 fully saturated rings. The quantitative estimate of drug-likeness (QED) is 0.855. The predicted molar refractivity (Wildman–Crippen MR) is 69.4 cm³/mol. The van der Waals surface area contributed by atoms with Crippen LogP contribution >= 0.6 is 11.6 Å². The molecular weight excluding hydrogens is 222 g/mol. The first-order valence-corrected chi connectivity index (χ1v) is 5.96. The second kappa shape index (κ2) is 6.12. The molecule has 0 aromatic heterocycles. The Morgan fingerprint density at radius 2 is 2.06 bits per heavy atom. The minimum Gasteiger partial charge on any atom is -0.496 e. The normalized spacial score (nSPS) is 14.6. The molecule has 1 aromatic carbocycles. The molecule has 0 aliphatic heterocycles. The van der Waals surface area contributed by atoms with Gasteiger partial charge in [-0.05, 0) is 50.1 Å². The molecule has 0 bridgehead atoms. The van der Waals surface area contributed by atoms with Crippen LogP contribution in [0.1, 0.15) is 19.4 Å². The summed E-state index contributed by atoms with van der Waals surface area (Å²) in [6.45, 7) is 4.41. The number of nitrogens with one attached hydrogen (secondary N) is 1. The summed E-state index contributed by atoms with van der Waals surface area (Å²) < 4.78 is 5.34. The third-order valence-electron chi connectivity index (χ3n) is 3.09. The molecule has 2 atom stereocenters. The van der Waals surface area contributed by atoms with Gasteiger partial charge in [0.05, 0.1) is 7.11 Å². The molecule has 1 N–H and O–H groups in total. The molecule has 1 rings (SSSR count). The zero-order valence-electron chi connectivity index (χ0n) is 10.4. The van der Waals surface area contributed by atoms with Crippen LogP contribution in [0.2, 0.25) is 5.02 Å². The average molecular weight is 242 g/mol. The van der Waals surface area contributed by atoms with Gasteiger partial charge in [-0.25, -0.2) is 0 Å². The number of benzene rings is 1. The van der Waals surface area contributed by atoms with Gasteiger partial charge in [-0.1, -0.05) is 18.5 Å². The fourth-order valence-corrected chi connectivity index (χ4v) is 1.91. The number of ether oxygens (including phenoxy) is 1. The minimum absolute atomic E-state index is 0.476. The maximum absolute atomic E-state index is 6.00. The van der Waals surface area contributed by atoms with Crippen molar-refractivity contribution in [3.63, 3.8) is 0 Å². The van der Waals surface area contributed by atoms with E-state index in [9.17, 15) is 0 Å². The largest absolute Gasteiger partial charge is 0.496 e. The van der Waals surface area contributed by atoms with Crippen LogP contribution in [-0.2, 0) is 6.42 Å². The van der Waals surface area contributed by atoms with Crippen molar-refractivity contribution in [1.82, 2.24) is 5.32 Å². The predicted octanol–water partition coefficient (Wildman–Crippen LogP) is 3.14. The summed E-state index contributed by atoms with van der Waals surface area (Å²) in [6, 6.07) is 6.24. The molecule has 0 amide bonds. The van der Waals surface area contributed by atoms with Gasteiger partial charge in [0.2, 0.25) is 0 Å². The Kier molecular flexibility index (Phi) is 5.10. The Morgan fingerprint density at radius 3 is 2.62 bits per heavy atom. The van der Waals surface area contributed by atoms with Gasteiger partial charge in [-0.15, -0.1) is 0 Å². The van der Waals surface area contributed by atoms with Crippen LogP contribution in [0.4, 0.5) is 0 Å². The highest BCUT2D eigenvalue weighted by Gasteiger charge is 2.13. The van der Waals surface area contributed by atoms with Crippen molar-refractivity contribution >= 4 is 11.6 Å². The summed E-state index contributed by atoms with van der Waals surface area (Å²) in [5.41, 5.74) is 1.17. The Bertz CT molecular complexity index is 341. The lowest BCUT2D eigenvalue weighted by atomic mass is 9.94. The molecule has 0 saturated heterocycles. The summed E-state index contributed by atoms with van der Waals surface area (Å²) in [4.78, 5) is 0. The molecular formula is C13H20ClNO. The number of rotatable bonds is 5. The number of hydrogen-bond donors (Lipinski definition) is 1. The minimum atomic E-state index is 0.476. The second-order valence-electron chi connectivity index (χ2n) is 4.21. The molecule has 0 radical (unpaired) electrons. The van der Waals surface area contributed by atoms with E-state index in [1.165, 1.54) is 5.56 Å². The van der Waals surface area contributed by atoms with Crippen LogP contribution in [0, 0.1) is 5.92 Å². The molecule has 0 saturated carbocycles. The van der Waals surface area contributed by atoms with Gasteiger partial charge in [0, 0.05) is 11.1 Å². The van der Waals surface area contributed by atoms with Crippen LogP contribution in [0.5, 0.6) is 5.75 Å². The highest BCUT2D eigenvalue weighted by Crippen LogP contribution is 2.25. The molecule has 2 nitrogen and oxygen atoms in total. The van der Waals surface area contributed by atoms with E-state index in [-0.39, 0.29) is 0 Å². The monoisotopic (exact) mass is 241 g/mol. The molecule has 0 aliphatic carbocycles. The number of halogens is 1. The fraction of sp³-hybridized carbons (Fsp3) is 0.538. The molecule has 2 unspecified atom stereocenters. The number of hydrogen-bond acceptors (Lipinski definition) is 2. The van der Waals surface area contributed by atoms with Gasteiger partial charge in [0.15, 0.2) is 0 Å². The first kappa shape index (κ1) is 13.3.